The smallest absolute Gasteiger partial charge is 0.299 e. The maximum Gasteiger partial charge on any atom is 0.299 e. The molecule has 1 heterocycles. The summed E-state index contributed by atoms with van der Waals surface area (Å²) < 4.78 is 11.5. The molecule has 3 nitrogen and oxygen atoms in total. The fraction of sp³-hybridized carbons (Fsp3) is 0.438. The Hall–Kier alpha value is -1.39. The van der Waals surface area contributed by atoms with Gasteiger partial charge >= 0.3 is 0 Å². The first-order valence-electron chi connectivity index (χ1n) is 6.94. The Labute approximate surface area is 121 Å². The summed E-state index contributed by atoms with van der Waals surface area (Å²) in [6.07, 6.45) is 1.57. The molecule has 0 radical (unpaired) electrons. The number of carbonyl (C=O) groups is 1. The number of ether oxygens (including phenoxy) is 1. The van der Waals surface area contributed by atoms with Crippen molar-refractivity contribution in [2.75, 3.05) is 6.61 Å². The number of benzene rings is 1. The van der Waals surface area contributed by atoms with Crippen molar-refractivity contribution in [2.24, 2.45) is 11.8 Å². The van der Waals surface area contributed by atoms with Gasteiger partial charge in [0.25, 0.3) is 5.97 Å². The highest BCUT2D eigenvalue weighted by Gasteiger charge is 2.43. The second-order valence-corrected chi connectivity index (χ2v) is 10.6. The lowest BCUT2D eigenvalue weighted by molar-refractivity contribution is -0.142. The fourth-order valence-electron chi connectivity index (χ4n) is 2.48. The molecule has 0 aromatic heterocycles. The van der Waals surface area contributed by atoms with Gasteiger partial charge in [-0.2, -0.15) is 0 Å². The van der Waals surface area contributed by atoms with Gasteiger partial charge in [0, 0.05) is 5.92 Å². The maximum absolute atomic E-state index is 12.5. The summed E-state index contributed by atoms with van der Waals surface area (Å²) in [7, 11) is -1.90. The number of hydrogen-bond donors (Lipinski definition) is 0. The predicted octanol–water partition coefficient (Wildman–Crippen LogP) is 3.55. The third-order valence-corrected chi connectivity index (χ3v) is 4.18. The molecule has 1 aliphatic heterocycles. The molecule has 0 unspecified atom stereocenters. The average molecular weight is 290 g/mol. The second kappa shape index (κ2) is 5.93. The van der Waals surface area contributed by atoms with Crippen molar-refractivity contribution in [1.29, 1.82) is 0 Å². The van der Waals surface area contributed by atoms with Crippen LogP contribution in [0.15, 0.2) is 43.0 Å². The van der Waals surface area contributed by atoms with Gasteiger partial charge in [-0.05, 0) is 25.2 Å². The van der Waals surface area contributed by atoms with Crippen molar-refractivity contribution in [2.45, 2.75) is 25.7 Å². The highest BCUT2D eigenvalue weighted by atomic mass is 28.4. The van der Waals surface area contributed by atoms with Crippen molar-refractivity contribution < 1.29 is 14.0 Å². The lowest BCUT2D eigenvalue weighted by Crippen LogP contribution is -2.35. The molecule has 0 amide bonds. The van der Waals surface area contributed by atoms with Crippen LogP contribution in [0, 0.1) is 11.8 Å². The number of hydrogen-bond acceptors (Lipinski definition) is 3. The molecule has 1 saturated heterocycles. The summed E-state index contributed by atoms with van der Waals surface area (Å²) in [5, 5.41) is 0. The SMILES string of the molecule is C=C[C@H]1CO[C@H](c2ccccc2)[C@H]1C(=O)O[Si](C)(C)C. The molecule has 0 aliphatic carbocycles. The fourth-order valence-corrected chi connectivity index (χ4v) is 3.22. The molecule has 0 bridgehead atoms. The van der Waals surface area contributed by atoms with Gasteiger partial charge in [0.15, 0.2) is 0 Å². The van der Waals surface area contributed by atoms with Crippen LogP contribution in [0.2, 0.25) is 19.6 Å². The lowest BCUT2D eigenvalue weighted by atomic mass is 9.87. The molecule has 1 fully saturated rings. The number of carbonyl (C=O) groups excluding carboxylic acids is 1. The van der Waals surface area contributed by atoms with Crippen LogP contribution in [0.1, 0.15) is 11.7 Å². The highest BCUT2D eigenvalue weighted by Crippen LogP contribution is 2.40. The lowest BCUT2D eigenvalue weighted by Gasteiger charge is -2.25. The predicted molar refractivity (Wildman–Crippen MR) is 81.8 cm³/mol. The van der Waals surface area contributed by atoms with Gasteiger partial charge in [0.05, 0.1) is 18.6 Å². The largest absolute Gasteiger partial charge is 0.520 e. The Kier molecular flexibility index (Phi) is 4.45. The molecule has 1 aromatic rings. The van der Waals surface area contributed by atoms with Gasteiger partial charge in [0.2, 0.25) is 8.32 Å². The van der Waals surface area contributed by atoms with Crippen LogP contribution in [-0.4, -0.2) is 20.9 Å². The Morgan fingerprint density at radius 1 is 1.35 bits per heavy atom. The summed E-state index contributed by atoms with van der Waals surface area (Å²) in [4.78, 5) is 12.5. The van der Waals surface area contributed by atoms with Crippen LogP contribution in [0.4, 0.5) is 0 Å². The van der Waals surface area contributed by atoms with Crippen LogP contribution >= 0.6 is 0 Å². The Morgan fingerprint density at radius 2 is 2.00 bits per heavy atom. The standard InChI is InChI=1S/C16H22O3Si/c1-5-12-11-18-15(13-9-7-6-8-10-13)14(12)16(17)19-20(2,3)4/h5-10,12,14-15H,1,11H2,2-4H3/t12-,14-,15+/m0/s1. The minimum atomic E-state index is -1.90. The van der Waals surface area contributed by atoms with E-state index >= 15 is 0 Å². The third-order valence-electron chi connectivity index (χ3n) is 3.37. The minimum Gasteiger partial charge on any atom is -0.520 e. The average Bonchev–Trinajstić information content (AvgIpc) is 2.81. The molecule has 20 heavy (non-hydrogen) atoms. The van der Waals surface area contributed by atoms with Crippen molar-refractivity contribution in [3.63, 3.8) is 0 Å². The highest BCUT2D eigenvalue weighted by molar-refractivity contribution is 6.71. The summed E-state index contributed by atoms with van der Waals surface area (Å²) in [5.74, 6) is -0.425. The van der Waals surface area contributed by atoms with E-state index in [2.05, 4.69) is 6.58 Å². The minimum absolute atomic E-state index is 0.0176. The summed E-state index contributed by atoms with van der Waals surface area (Å²) in [6.45, 7) is 10.4. The van der Waals surface area contributed by atoms with Crippen LogP contribution in [0.3, 0.4) is 0 Å². The zero-order chi connectivity index (χ0) is 14.8. The molecule has 1 aliphatic rings. The van der Waals surface area contributed by atoms with E-state index in [1.165, 1.54) is 0 Å². The quantitative estimate of drug-likeness (QED) is 0.628. The molecule has 4 heteroatoms. The molecule has 3 atom stereocenters. The monoisotopic (exact) mass is 290 g/mol. The molecule has 1 aromatic carbocycles. The van der Waals surface area contributed by atoms with E-state index in [9.17, 15) is 4.79 Å². The van der Waals surface area contributed by atoms with E-state index < -0.39 is 8.32 Å². The van der Waals surface area contributed by atoms with Crippen molar-refractivity contribution in [3.05, 3.63) is 48.6 Å². The molecular weight excluding hydrogens is 268 g/mol. The number of rotatable bonds is 4. The van der Waals surface area contributed by atoms with Gasteiger partial charge in [0.1, 0.15) is 0 Å². The van der Waals surface area contributed by atoms with E-state index in [0.717, 1.165) is 5.56 Å². The molecule has 0 N–H and O–H groups in total. The summed E-state index contributed by atoms with van der Waals surface area (Å²) in [5.41, 5.74) is 1.02. The molecule has 0 saturated carbocycles. The molecule has 108 valence electrons. The molecular formula is C16H22O3Si. The van der Waals surface area contributed by atoms with E-state index in [-0.39, 0.29) is 23.9 Å². The Balaban J connectivity index is 2.24. The molecule has 2 rings (SSSR count). The van der Waals surface area contributed by atoms with Gasteiger partial charge in [-0.15, -0.1) is 6.58 Å². The van der Waals surface area contributed by atoms with Crippen molar-refractivity contribution >= 4 is 14.3 Å². The zero-order valence-corrected chi connectivity index (χ0v) is 13.3. The van der Waals surface area contributed by atoms with Gasteiger partial charge in [-0.3, -0.25) is 4.79 Å². The topological polar surface area (TPSA) is 35.5 Å². The molecule has 0 spiro atoms. The van der Waals surface area contributed by atoms with E-state index in [1.54, 1.807) is 6.08 Å². The van der Waals surface area contributed by atoms with Gasteiger partial charge in [-0.25, -0.2) is 0 Å². The van der Waals surface area contributed by atoms with Crippen molar-refractivity contribution in [1.82, 2.24) is 0 Å². The first kappa shape index (κ1) is 15.0. The summed E-state index contributed by atoms with van der Waals surface area (Å²) in [6, 6.07) is 9.86. The van der Waals surface area contributed by atoms with E-state index in [0.29, 0.717) is 6.61 Å². The second-order valence-electron chi connectivity index (χ2n) is 6.12. The van der Waals surface area contributed by atoms with Crippen LogP contribution < -0.4 is 0 Å². The first-order valence-corrected chi connectivity index (χ1v) is 10.3. The maximum atomic E-state index is 12.5. The van der Waals surface area contributed by atoms with Crippen LogP contribution in [-0.2, 0) is 14.0 Å². The van der Waals surface area contributed by atoms with Gasteiger partial charge in [-0.1, -0.05) is 36.4 Å². The normalized spacial score (nSPS) is 26.2. The Bertz CT molecular complexity index is 478. The van der Waals surface area contributed by atoms with Gasteiger partial charge < -0.3 is 9.16 Å². The first-order chi connectivity index (χ1) is 9.42. The Morgan fingerprint density at radius 3 is 2.55 bits per heavy atom. The van der Waals surface area contributed by atoms with Crippen LogP contribution in [0.5, 0.6) is 0 Å². The van der Waals surface area contributed by atoms with E-state index in [4.69, 9.17) is 9.16 Å². The van der Waals surface area contributed by atoms with Crippen molar-refractivity contribution in [3.8, 4) is 0 Å². The zero-order valence-electron chi connectivity index (χ0n) is 12.3. The summed E-state index contributed by atoms with van der Waals surface area (Å²) >= 11 is 0. The van der Waals surface area contributed by atoms with E-state index in [1.807, 2.05) is 50.0 Å². The third kappa shape index (κ3) is 3.38. The van der Waals surface area contributed by atoms with Crippen LogP contribution in [0.25, 0.3) is 0 Å².